The van der Waals surface area contributed by atoms with Gasteiger partial charge in [0.1, 0.15) is 0 Å². The van der Waals surface area contributed by atoms with Gasteiger partial charge in [-0.2, -0.15) is 0 Å². The minimum Gasteiger partial charge on any atom is -0.389 e. The van der Waals surface area contributed by atoms with Crippen molar-refractivity contribution in [2.45, 2.75) is 77.0 Å². The monoisotopic (exact) mass is 269 g/mol. The summed E-state index contributed by atoms with van der Waals surface area (Å²) < 4.78 is 5.84. The van der Waals surface area contributed by atoms with Crippen LogP contribution < -0.4 is 5.32 Å². The van der Waals surface area contributed by atoms with E-state index in [0.29, 0.717) is 25.3 Å². The maximum Gasteiger partial charge on any atom is 0.0897 e. The Bertz CT molecular complexity index is 247. The number of aliphatic hydroxyl groups is 1. The van der Waals surface area contributed by atoms with Crippen LogP contribution in [0.25, 0.3) is 0 Å². The maximum absolute atomic E-state index is 9.97. The summed E-state index contributed by atoms with van der Waals surface area (Å²) in [5.41, 5.74) is 0. The van der Waals surface area contributed by atoms with E-state index in [1.54, 1.807) is 0 Å². The lowest BCUT2D eigenvalue weighted by Gasteiger charge is -2.33. The largest absolute Gasteiger partial charge is 0.389 e. The Balaban J connectivity index is 1.52. The fourth-order valence-corrected chi connectivity index (χ4v) is 3.13. The molecule has 19 heavy (non-hydrogen) atoms. The number of aliphatic hydroxyl groups excluding tert-OH is 1. The van der Waals surface area contributed by atoms with Gasteiger partial charge in [-0.15, -0.1) is 0 Å². The third-order valence-corrected chi connectivity index (χ3v) is 5.02. The predicted octanol–water partition coefficient (Wildman–Crippen LogP) is 2.72. The van der Waals surface area contributed by atoms with E-state index in [0.717, 1.165) is 11.8 Å². The van der Waals surface area contributed by atoms with Gasteiger partial charge in [0.05, 0.1) is 18.8 Å². The van der Waals surface area contributed by atoms with Gasteiger partial charge >= 0.3 is 0 Å². The van der Waals surface area contributed by atoms with Gasteiger partial charge in [0.2, 0.25) is 0 Å². The zero-order valence-corrected chi connectivity index (χ0v) is 12.6. The Hall–Kier alpha value is -0.120. The summed E-state index contributed by atoms with van der Waals surface area (Å²) in [5.74, 6) is 1.68. The summed E-state index contributed by atoms with van der Waals surface area (Å²) in [6, 6.07) is 0.541. The van der Waals surface area contributed by atoms with E-state index < -0.39 is 0 Å². The third kappa shape index (κ3) is 5.05. The zero-order valence-electron chi connectivity index (χ0n) is 12.6. The molecule has 2 aliphatic rings. The van der Waals surface area contributed by atoms with Gasteiger partial charge in [-0.25, -0.2) is 0 Å². The summed E-state index contributed by atoms with van der Waals surface area (Å²) in [5, 5.41) is 13.4. The van der Waals surface area contributed by atoms with E-state index in [1.807, 2.05) is 0 Å². The quantitative estimate of drug-likeness (QED) is 0.746. The molecule has 2 unspecified atom stereocenters. The van der Waals surface area contributed by atoms with E-state index in [1.165, 1.54) is 44.9 Å². The molecular weight excluding hydrogens is 238 g/mol. The molecule has 2 rings (SSSR count). The van der Waals surface area contributed by atoms with Crippen LogP contribution in [0.3, 0.4) is 0 Å². The first-order chi connectivity index (χ1) is 9.15. The molecule has 0 aromatic heterocycles. The number of rotatable bonds is 7. The zero-order chi connectivity index (χ0) is 13.7. The van der Waals surface area contributed by atoms with Gasteiger partial charge in [-0.3, -0.25) is 0 Å². The van der Waals surface area contributed by atoms with Crippen molar-refractivity contribution in [3.63, 3.8) is 0 Å². The molecule has 0 aromatic rings. The Morgan fingerprint density at radius 2 is 1.84 bits per heavy atom. The molecule has 0 saturated heterocycles. The molecule has 0 heterocycles. The van der Waals surface area contributed by atoms with Gasteiger partial charge in [0, 0.05) is 12.6 Å². The molecule has 2 fully saturated rings. The summed E-state index contributed by atoms with van der Waals surface area (Å²) in [4.78, 5) is 0. The van der Waals surface area contributed by atoms with Crippen LogP contribution in [0.15, 0.2) is 0 Å². The predicted molar refractivity (Wildman–Crippen MR) is 78.2 cm³/mol. The smallest absolute Gasteiger partial charge is 0.0897 e. The van der Waals surface area contributed by atoms with Gasteiger partial charge < -0.3 is 15.2 Å². The lowest BCUT2D eigenvalue weighted by atomic mass is 9.80. The lowest BCUT2D eigenvalue weighted by molar-refractivity contribution is -0.0289. The van der Waals surface area contributed by atoms with E-state index >= 15 is 0 Å². The summed E-state index contributed by atoms with van der Waals surface area (Å²) in [6.45, 7) is 5.71. The fraction of sp³-hybridized carbons (Fsp3) is 1.00. The molecule has 2 aliphatic carbocycles. The van der Waals surface area contributed by atoms with Crippen molar-refractivity contribution in [1.82, 2.24) is 5.32 Å². The standard InChI is InChI=1S/C16H31NO2/c1-12-6-8-16(9-7-12)19-11-15(18)10-17-13(2)14-4-3-5-14/h12-18H,3-11H2,1-2H3. The topological polar surface area (TPSA) is 41.5 Å². The molecule has 0 aromatic carbocycles. The minimum atomic E-state index is -0.359. The van der Waals surface area contributed by atoms with Crippen molar-refractivity contribution in [3.05, 3.63) is 0 Å². The van der Waals surface area contributed by atoms with Crippen molar-refractivity contribution in [2.75, 3.05) is 13.2 Å². The second-order valence-corrected chi connectivity index (χ2v) is 6.76. The van der Waals surface area contributed by atoms with Crippen molar-refractivity contribution >= 4 is 0 Å². The van der Waals surface area contributed by atoms with Crippen LogP contribution in [-0.4, -0.2) is 36.5 Å². The Labute approximate surface area is 118 Å². The van der Waals surface area contributed by atoms with E-state index in [-0.39, 0.29) is 6.10 Å². The highest BCUT2D eigenvalue weighted by Gasteiger charge is 2.24. The van der Waals surface area contributed by atoms with Crippen LogP contribution in [0.1, 0.15) is 58.8 Å². The van der Waals surface area contributed by atoms with Gasteiger partial charge in [0.25, 0.3) is 0 Å². The molecule has 0 aliphatic heterocycles. The van der Waals surface area contributed by atoms with Gasteiger partial charge in [-0.1, -0.05) is 13.3 Å². The Kier molecular flexibility index (Phi) is 6.11. The Morgan fingerprint density at radius 1 is 1.16 bits per heavy atom. The van der Waals surface area contributed by atoms with Crippen molar-refractivity contribution in [1.29, 1.82) is 0 Å². The molecule has 3 nitrogen and oxygen atoms in total. The molecule has 0 bridgehead atoms. The van der Waals surface area contributed by atoms with Crippen molar-refractivity contribution in [3.8, 4) is 0 Å². The molecule has 0 amide bonds. The molecule has 2 N–H and O–H groups in total. The lowest BCUT2D eigenvalue weighted by Crippen LogP contribution is -2.42. The first-order valence-corrected chi connectivity index (χ1v) is 8.18. The van der Waals surface area contributed by atoms with Crippen molar-refractivity contribution < 1.29 is 9.84 Å². The molecule has 2 atom stereocenters. The SMILES string of the molecule is CC1CCC(OCC(O)CNC(C)C2CCC2)CC1. The van der Waals surface area contributed by atoms with E-state index in [9.17, 15) is 5.11 Å². The van der Waals surface area contributed by atoms with Crippen LogP contribution in [0.2, 0.25) is 0 Å². The molecule has 112 valence electrons. The molecule has 0 radical (unpaired) electrons. The average Bonchev–Trinajstić information content (AvgIpc) is 2.33. The summed E-state index contributed by atoms with van der Waals surface area (Å²) in [6.07, 6.45) is 8.98. The highest BCUT2D eigenvalue weighted by Crippen LogP contribution is 2.29. The molecular formula is C16H31NO2. The van der Waals surface area contributed by atoms with Crippen LogP contribution in [0.4, 0.5) is 0 Å². The fourth-order valence-electron chi connectivity index (χ4n) is 3.13. The van der Waals surface area contributed by atoms with E-state index in [4.69, 9.17) is 4.74 Å². The molecule has 2 saturated carbocycles. The average molecular weight is 269 g/mol. The van der Waals surface area contributed by atoms with E-state index in [2.05, 4.69) is 19.2 Å². The highest BCUT2D eigenvalue weighted by atomic mass is 16.5. The van der Waals surface area contributed by atoms with Gasteiger partial charge in [-0.05, 0) is 57.3 Å². The second-order valence-electron chi connectivity index (χ2n) is 6.76. The third-order valence-electron chi connectivity index (χ3n) is 5.02. The van der Waals surface area contributed by atoms with Crippen LogP contribution >= 0.6 is 0 Å². The normalized spacial score (nSPS) is 31.7. The number of ether oxygens (including phenoxy) is 1. The molecule has 0 spiro atoms. The molecule has 3 heteroatoms. The first-order valence-electron chi connectivity index (χ1n) is 8.18. The maximum atomic E-state index is 9.97. The summed E-state index contributed by atoms with van der Waals surface area (Å²) >= 11 is 0. The highest BCUT2D eigenvalue weighted by molar-refractivity contribution is 4.80. The van der Waals surface area contributed by atoms with Crippen LogP contribution in [0.5, 0.6) is 0 Å². The second kappa shape index (κ2) is 7.61. The first kappa shape index (κ1) is 15.3. The van der Waals surface area contributed by atoms with Crippen LogP contribution in [0, 0.1) is 11.8 Å². The minimum absolute atomic E-state index is 0.359. The van der Waals surface area contributed by atoms with Crippen molar-refractivity contribution in [2.24, 2.45) is 11.8 Å². The summed E-state index contributed by atoms with van der Waals surface area (Å²) in [7, 11) is 0. The van der Waals surface area contributed by atoms with Crippen LogP contribution in [-0.2, 0) is 4.74 Å². The number of hydrogen-bond acceptors (Lipinski definition) is 3. The Morgan fingerprint density at radius 3 is 2.42 bits per heavy atom. The number of nitrogens with one attached hydrogen (secondary N) is 1. The number of hydrogen-bond donors (Lipinski definition) is 2. The van der Waals surface area contributed by atoms with Gasteiger partial charge in [0.15, 0.2) is 0 Å².